The number of hydrogen-bond acceptors (Lipinski definition) is 11. The summed E-state index contributed by atoms with van der Waals surface area (Å²) in [6.45, 7) is 1.84. The lowest BCUT2D eigenvalue weighted by molar-refractivity contribution is -0.167. The molecule has 4 heterocycles. The number of amides is 3. The predicted molar refractivity (Wildman–Crippen MR) is 270 cm³/mol. The molecule has 2 aromatic heterocycles. The van der Waals surface area contributed by atoms with Gasteiger partial charge in [0.1, 0.15) is 22.9 Å². The van der Waals surface area contributed by atoms with E-state index in [0.717, 1.165) is 17.2 Å². The normalized spacial score (nSPS) is 14.3. The molecule has 386 valence electrons. The van der Waals surface area contributed by atoms with Gasteiger partial charge in [-0.1, -0.05) is 49.2 Å². The van der Waals surface area contributed by atoms with E-state index in [-0.39, 0.29) is 69.8 Å². The molecule has 0 aliphatic carbocycles. The minimum absolute atomic E-state index is 0.0517. The number of rotatable bonds is 16. The van der Waals surface area contributed by atoms with E-state index in [2.05, 4.69) is 10.6 Å². The molecule has 3 amide bonds. The Bertz CT molecular complexity index is 3590. The summed E-state index contributed by atoms with van der Waals surface area (Å²) in [5.41, 5.74) is 3.73. The lowest BCUT2D eigenvalue weighted by atomic mass is 9.77. The van der Waals surface area contributed by atoms with Crippen LogP contribution in [0.1, 0.15) is 92.5 Å². The SMILES string of the molecule is CC(=O)Nc1ccc2c(c1)Oc1cc(NC(=O)C(F)(F)F)ccc1C21OC(=O)c2ccc(C(=O)NCCCCCCOc3ccc(Cc4nc5c(Cc6ccccc6)nc(-c6ccc(O)cc6)cn5c4O)cc3F)cc21. The fourth-order valence-corrected chi connectivity index (χ4v) is 9.40. The summed E-state index contributed by atoms with van der Waals surface area (Å²) in [6.07, 6.45) is -0.285. The summed E-state index contributed by atoms with van der Waals surface area (Å²) < 4.78 is 74.5. The number of esters is 1. The number of alkyl halides is 3. The van der Waals surface area contributed by atoms with Crippen molar-refractivity contribution in [2.45, 2.75) is 57.2 Å². The van der Waals surface area contributed by atoms with E-state index in [0.29, 0.717) is 78.2 Å². The van der Waals surface area contributed by atoms with Gasteiger partial charge in [-0.15, -0.1) is 0 Å². The minimum Gasteiger partial charge on any atom is -0.508 e. The van der Waals surface area contributed by atoms with Crippen molar-refractivity contribution in [3.63, 3.8) is 0 Å². The van der Waals surface area contributed by atoms with Gasteiger partial charge in [0.2, 0.25) is 11.8 Å². The molecule has 0 saturated heterocycles. The molecular formula is C57H46F4N6O9. The predicted octanol–water partition coefficient (Wildman–Crippen LogP) is 10.5. The summed E-state index contributed by atoms with van der Waals surface area (Å²) in [5, 5.41) is 28.6. The number of benzene rings is 6. The van der Waals surface area contributed by atoms with E-state index in [9.17, 15) is 42.6 Å². The quantitative estimate of drug-likeness (QED) is 0.0350. The van der Waals surface area contributed by atoms with Crippen molar-refractivity contribution in [3.05, 3.63) is 190 Å². The van der Waals surface area contributed by atoms with Crippen LogP contribution < -0.4 is 25.4 Å². The molecule has 2 aliphatic rings. The number of fused-ring (bicyclic) bond motifs is 7. The van der Waals surface area contributed by atoms with Crippen LogP contribution >= 0.6 is 0 Å². The Morgan fingerprint density at radius 1 is 0.737 bits per heavy atom. The molecule has 8 aromatic rings. The molecular weight excluding hydrogens is 989 g/mol. The number of imidazole rings is 1. The van der Waals surface area contributed by atoms with Crippen molar-refractivity contribution in [1.82, 2.24) is 19.7 Å². The Labute approximate surface area is 431 Å². The molecule has 10 rings (SSSR count). The molecule has 0 saturated carbocycles. The number of anilines is 2. The van der Waals surface area contributed by atoms with Crippen molar-refractivity contribution >= 4 is 40.7 Å². The van der Waals surface area contributed by atoms with E-state index in [1.165, 1.54) is 49.4 Å². The zero-order chi connectivity index (χ0) is 53.3. The van der Waals surface area contributed by atoms with Gasteiger partial charge in [-0.2, -0.15) is 13.2 Å². The lowest BCUT2D eigenvalue weighted by Crippen LogP contribution is -2.34. The molecule has 0 fully saturated rings. The standard InChI is InChI=1S/C57H46F4N6O9/c1-32(68)63-37-15-20-41-49(29-37)75-50-30-38(64-55(73)57(59,60)61)16-21-42(50)56(41)43-28-36(14-19-40(43)54(72)76-56)52(70)62-23-7-2-3-8-24-74-48-22-11-34(25-44(48)58)27-46-53(71)67-31-47(35-12-17-39(69)18-13-35)65-45(51(67)66-46)26-33-9-5-4-6-10-33/h4-6,9-22,25,28-31,69,71H,2-3,7-8,23-24,26-27H2,1H3,(H,62,70)(H,63,68)(H,64,73). The van der Waals surface area contributed by atoms with E-state index >= 15 is 4.39 Å². The Balaban J connectivity index is 0.753. The van der Waals surface area contributed by atoms with E-state index < -0.39 is 41.3 Å². The zero-order valence-corrected chi connectivity index (χ0v) is 40.5. The first-order valence-electron chi connectivity index (χ1n) is 24.2. The van der Waals surface area contributed by atoms with E-state index in [1.54, 1.807) is 64.4 Å². The smallest absolute Gasteiger partial charge is 0.471 e. The van der Waals surface area contributed by atoms with Crippen LogP contribution in [0.3, 0.4) is 0 Å². The number of ether oxygens (including phenoxy) is 3. The maximum absolute atomic E-state index is 15.4. The molecule has 15 nitrogen and oxygen atoms in total. The fourth-order valence-electron chi connectivity index (χ4n) is 9.40. The molecule has 0 radical (unpaired) electrons. The molecule has 76 heavy (non-hydrogen) atoms. The number of nitrogens with one attached hydrogen (secondary N) is 3. The maximum Gasteiger partial charge on any atom is 0.471 e. The van der Waals surface area contributed by atoms with Crippen LogP contribution in [0.25, 0.3) is 16.9 Å². The van der Waals surface area contributed by atoms with Crippen LogP contribution in [-0.4, -0.2) is 67.6 Å². The highest BCUT2D eigenvalue weighted by molar-refractivity contribution is 6.01. The summed E-state index contributed by atoms with van der Waals surface area (Å²) >= 11 is 0. The van der Waals surface area contributed by atoms with Gasteiger partial charge in [-0.05, 0) is 103 Å². The summed E-state index contributed by atoms with van der Waals surface area (Å²) in [4.78, 5) is 60.5. The number of phenolic OH excluding ortho intramolecular Hbond substituents is 1. The van der Waals surface area contributed by atoms with Crippen LogP contribution in [-0.2, 0) is 32.8 Å². The molecule has 1 atom stereocenters. The monoisotopic (exact) mass is 1030 g/mol. The van der Waals surface area contributed by atoms with Crippen LogP contribution in [0.4, 0.5) is 28.9 Å². The number of aromatic hydroxyl groups is 2. The highest BCUT2D eigenvalue weighted by atomic mass is 19.4. The Morgan fingerprint density at radius 3 is 2.13 bits per heavy atom. The van der Waals surface area contributed by atoms with E-state index in [4.69, 9.17) is 24.2 Å². The van der Waals surface area contributed by atoms with Crippen LogP contribution in [0.5, 0.6) is 28.9 Å². The maximum atomic E-state index is 15.4. The summed E-state index contributed by atoms with van der Waals surface area (Å²) in [7, 11) is 0. The summed E-state index contributed by atoms with van der Waals surface area (Å²) in [6, 6.07) is 33.8. The zero-order valence-electron chi connectivity index (χ0n) is 40.5. The van der Waals surface area contributed by atoms with Crippen molar-refractivity contribution in [2.24, 2.45) is 0 Å². The second-order valence-electron chi connectivity index (χ2n) is 18.3. The Kier molecular flexibility index (Phi) is 13.6. The van der Waals surface area contributed by atoms with Gasteiger partial charge in [0.15, 0.2) is 22.8 Å². The Morgan fingerprint density at radius 2 is 1.43 bits per heavy atom. The fraction of sp³-hybridized carbons (Fsp3) is 0.193. The van der Waals surface area contributed by atoms with Gasteiger partial charge in [-0.3, -0.25) is 18.8 Å². The molecule has 1 unspecified atom stereocenters. The Hall–Kier alpha value is -9.26. The van der Waals surface area contributed by atoms with E-state index in [1.807, 2.05) is 30.3 Å². The number of aromatic nitrogens is 3. The number of hydrogen-bond donors (Lipinski definition) is 5. The topological polar surface area (TPSA) is 203 Å². The lowest BCUT2D eigenvalue weighted by Gasteiger charge is -2.37. The second kappa shape index (κ2) is 20.6. The third-order valence-corrected chi connectivity index (χ3v) is 13.0. The molecule has 2 aliphatic heterocycles. The third kappa shape index (κ3) is 10.2. The number of carbonyl (C=O) groups excluding carboxylic acids is 4. The van der Waals surface area contributed by atoms with Gasteiger partial charge in [0, 0.05) is 83.8 Å². The average Bonchev–Trinajstić information content (AvgIpc) is 3.90. The van der Waals surface area contributed by atoms with Crippen molar-refractivity contribution < 1.29 is 61.2 Å². The first-order chi connectivity index (χ1) is 36.5. The average molecular weight is 1040 g/mol. The first-order valence-corrected chi connectivity index (χ1v) is 24.2. The molecule has 1 spiro atoms. The van der Waals surface area contributed by atoms with Gasteiger partial charge in [0.05, 0.1) is 23.6 Å². The molecule has 0 bridgehead atoms. The molecule has 6 aromatic carbocycles. The highest BCUT2D eigenvalue weighted by Crippen LogP contribution is 2.57. The minimum atomic E-state index is -5.17. The largest absolute Gasteiger partial charge is 0.508 e. The molecule has 5 N–H and O–H groups in total. The number of phenols is 1. The van der Waals surface area contributed by atoms with Gasteiger partial charge in [-0.25, -0.2) is 19.2 Å². The van der Waals surface area contributed by atoms with Crippen molar-refractivity contribution in [3.8, 4) is 40.1 Å². The number of unbranched alkanes of at least 4 members (excludes halogenated alkanes) is 3. The van der Waals surface area contributed by atoms with Gasteiger partial charge < -0.3 is 40.4 Å². The second-order valence-corrected chi connectivity index (χ2v) is 18.3. The third-order valence-electron chi connectivity index (χ3n) is 13.0. The first kappa shape index (κ1) is 50.3. The van der Waals surface area contributed by atoms with Gasteiger partial charge >= 0.3 is 18.1 Å². The number of halogens is 4. The van der Waals surface area contributed by atoms with Crippen molar-refractivity contribution in [2.75, 3.05) is 23.8 Å². The number of carbonyl (C=O) groups is 4. The van der Waals surface area contributed by atoms with Crippen LogP contribution in [0.15, 0.2) is 134 Å². The highest BCUT2D eigenvalue weighted by Gasteiger charge is 2.54. The number of nitrogens with zero attached hydrogens (tertiary/aromatic N) is 3. The van der Waals surface area contributed by atoms with Crippen molar-refractivity contribution in [1.29, 1.82) is 0 Å². The molecule has 19 heteroatoms. The van der Waals surface area contributed by atoms with Crippen LogP contribution in [0.2, 0.25) is 0 Å². The summed E-state index contributed by atoms with van der Waals surface area (Å²) in [5.74, 6) is -4.22. The van der Waals surface area contributed by atoms with Gasteiger partial charge in [0.25, 0.3) is 5.91 Å². The van der Waals surface area contributed by atoms with Crippen LogP contribution in [0, 0.1) is 5.82 Å².